The van der Waals surface area contributed by atoms with Crippen LogP contribution < -0.4 is 10.6 Å². The third-order valence-corrected chi connectivity index (χ3v) is 5.29. The minimum Gasteiger partial charge on any atom is -0.323 e. The number of imide groups is 1. The highest BCUT2D eigenvalue weighted by molar-refractivity contribution is 7.13. The Bertz CT molecular complexity index is 673. The van der Waals surface area contributed by atoms with E-state index < -0.39 is 17.5 Å². The highest BCUT2D eigenvalue weighted by Gasteiger charge is 2.56. The average Bonchev–Trinajstić information content (AvgIpc) is 3.00. The molecular weight excluding hydrogens is 328 g/mol. The van der Waals surface area contributed by atoms with E-state index in [1.807, 2.05) is 0 Å². The van der Waals surface area contributed by atoms with Crippen molar-refractivity contribution in [1.29, 1.82) is 0 Å². The lowest BCUT2D eigenvalue weighted by atomic mass is 9.64. The van der Waals surface area contributed by atoms with Gasteiger partial charge in [-0.1, -0.05) is 20.8 Å². The average molecular weight is 350 g/mol. The zero-order valence-corrected chi connectivity index (χ0v) is 14.9. The third kappa shape index (κ3) is 3.15. The molecule has 1 spiro atoms. The van der Waals surface area contributed by atoms with Crippen LogP contribution in [0.5, 0.6) is 0 Å². The number of carbonyl (C=O) groups is 3. The Kier molecular flexibility index (Phi) is 4.11. The standard InChI is InChI=1S/C16H22N4O3S/c1-10-6-15(2,3)9-16(7-10)12(22)20(14(23)19-16)8-11(21)18-13-17-4-5-24-13/h4-5,10H,6-9H2,1-3H3,(H,19,23)(H,17,18,21). The summed E-state index contributed by atoms with van der Waals surface area (Å²) in [5.41, 5.74) is -0.903. The Morgan fingerprint density at radius 2 is 2.21 bits per heavy atom. The Hall–Kier alpha value is -1.96. The molecule has 0 bridgehead atoms. The van der Waals surface area contributed by atoms with Gasteiger partial charge >= 0.3 is 6.03 Å². The maximum atomic E-state index is 12.9. The molecule has 0 radical (unpaired) electrons. The van der Waals surface area contributed by atoms with Crippen LogP contribution in [0, 0.1) is 11.3 Å². The van der Waals surface area contributed by atoms with Crippen LogP contribution in [0.15, 0.2) is 11.6 Å². The maximum absolute atomic E-state index is 12.9. The van der Waals surface area contributed by atoms with Crippen molar-refractivity contribution in [2.24, 2.45) is 11.3 Å². The summed E-state index contributed by atoms with van der Waals surface area (Å²) in [6, 6.07) is -0.487. The quantitative estimate of drug-likeness (QED) is 0.818. The summed E-state index contributed by atoms with van der Waals surface area (Å²) in [7, 11) is 0. The lowest BCUT2D eigenvalue weighted by Crippen LogP contribution is -2.54. The first-order valence-corrected chi connectivity index (χ1v) is 8.92. The van der Waals surface area contributed by atoms with Gasteiger partial charge in [0.05, 0.1) is 0 Å². The van der Waals surface area contributed by atoms with Gasteiger partial charge in [-0.15, -0.1) is 11.3 Å². The molecule has 1 aliphatic heterocycles. The zero-order chi connectivity index (χ0) is 17.5. The molecule has 2 unspecified atom stereocenters. The van der Waals surface area contributed by atoms with Crippen LogP contribution in [0.3, 0.4) is 0 Å². The SMILES string of the molecule is CC1CC(C)(C)CC2(C1)NC(=O)N(CC(=O)Nc1nccs1)C2=O. The molecular formula is C16H22N4O3S. The Balaban J connectivity index is 1.73. The van der Waals surface area contributed by atoms with Crippen molar-refractivity contribution >= 4 is 34.3 Å². The van der Waals surface area contributed by atoms with Gasteiger partial charge in [0.1, 0.15) is 12.1 Å². The first-order valence-electron chi connectivity index (χ1n) is 8.04. The van der Waals surface area contributed by atoms with Crippen LogP contribution in [0.1, 0.15) is 40.0 Å². The van der Waals surface area contributed by atoms with Crippen molar-refractivity contribution in [3.63, 3.8) is 0 Å². The van der Waals surface area contributed by atoms with Gasteiger partial charge in [-0.3, -0.25) is 14.5 Å². The molecule has 1 saturated heterocycles. The van der Waals surface area contributed by atoms with Crippen molar-refractivity contribution in [2.75, 3.05) is 11.9 Å². The van der Waals surface area contributed by atoms with Crippen molar-refractivity contribution < 1.29 is 14.4 Å². The molecule has 130 valence electrons. The minimum atomic E-state index is -0.875. The summed E-state index contributed by atoms with van der Waals surface area (Å²) < 4.78 is 0. The van der Waals surface area contributed by atoms with Crippen LogP contribution >= 0.6 is 11.3 Å². The van der Waals surface area contributed by atoms with E-state index in [1.165, 1.54) is 11.3 Å². The van der Waals surface area contributed by atoms with E-state index in [4.69, 9.17) is 0 Å². The summed E-state index contributed by atoms with van der Waals surface area (Å²) in [4.78, 5) is 42.3. The number of rotatable bonds is 3. The smallest absolute Gasteiger partial charge is 0.323 e. The predicted octanol–water partition coefficient (Wildman–Crippen LogP) is 2.22. The molecule has 3 rings (SSSR count). The molecule has 1 aliphatic carbocycles. The first kappa shape index (κ1) is 16.9. The fourth-order valence-corrected chi connectivity index (χ4v) is 4.78. The number of amides is 4. The van der Waals surface area contributed by atoms with E-state index in [0.717, 1.165) is 11.3 Å². The summed E-state index contributed by atoms with van der Waals surface area (Å²) in [5.74, 6) is -0.378. The van der Waals surface area contributed by atoms with Gasteiger partial charge < -0.3 is 10.6 Å². The highest BCUT2D eigenvalue weighted by Crippen LogP contribution is 2.46. The third-order valence-electron chi connectivity index (χ3n) is 4.60. The molecule has 2 fully saturated rings. The van der Waals surface area contributed by atoms with Gasteiger partial charge in [0.2, 0.25) is 5.91 Å². The minimum absolute atomic E-state index is 0.0280. The Morgan fingerprint density at radius 3 is 2.83 bits per heavy atom. The Morgan fingerprint density at radius 1 is 1.46 bits per heavy atom. The predicted molar refractivity (Wildman–Crippen MR) is 90.5 cm³/mol. The van der Waals surface area contributed by atoms with Crippen LogP contribution in [0.25, 0.3) is 0 Å². The van der Waals surface area contributed by atoms with Gasteiger partial charge in [-0.2, -0.15) is 0 Å². The van der Waals surface area contributed by atoms with Gasteiger partial charge in [-0.05, 0) is 30.6 Å². The van der Waals surface area contributed by atoms with Crippen LogP contribution in [0.2, 0.25) is 0 Å². The fourth-order valence-electron chi connectivity index (χ4n) is 4.24. The molecule has 2 atom stereocenters. The number of hydrogen-bond donors (Lipinski definition) is 2. The van der Waals surface area contributed by atoms with E-state index in [2.05, 4.69) is 36.4 Å². The number of carbonyl (C=O) groups excluding carboxylic acids is 3. The van der Waals surface area contributed by atoms with E-state index >= 15 is 0 Å². The molecule has 7 nitrogen and oxygen atoms in total. The topological polar surface area (TPSA) is 91.4 Å². The van der Waals surface area contributed by atoms with Crippen molar-refractivity contribution in [3.05, 3.63) is 11.6 Å². The largest absolute Gasteiger partial charge is 0.325 e. The lowest BCUT2D eigenvalue weighted by molar-refractivity contribution is -0.136. The first-order chi connectivity index (χ1) is 11.2. The van der Waals surface area contributed by atoms with Gasteiger partial charge in [-0.25, -0.2) is 9.78 Å². The molecule has 2 N–H and O–H groups in total. The highest BCUT2D eigenvalue weighted by atomic mass is 32.1. The van der Waals surface area contributed by atoms with Crippen molar-refractivity contribution in [1.82, 2.24) is 15.2 Å². The number of aromatic nitrogens is 1. The second-order valence-corrected chi connectivity index (χ2v) is 8.54. The molecule has 2 heterocycles. The number of thiazole rings is 1. The second-order valence-electron chi connectivity index (χ2n) is 7.64. The fraction of sp³-hybridized carbons (Fsp3) is 0.625. The molecule has 4 amide bonds. The summed E-state index contributed by atoms with van der Waals surface area (Å²) in [6.07, 6.45) is 3.81. The number of nitrogens with one attached hydrogen (secondary N) is 2. The lowest BCUT2D eigenvalue weighted by Gasteiger charge is -2.43. The molecule has 2 aliphatic rings. The maximum Gasteiger partial charge on any atom is 0.325 e. The molecule has 0 aromatic carbocycles. The van der Waals surface area contributed by atoms with Crippen LogP contribution in [-0.4, -0.2) is 39.8 Å². The second kappa shape index (κ2) is 5.84. The molecule has 1 saturated carbocycles. The Labute approximate surface area is 144 Å². The monoisotopic (exact) mass is 350 g/mol. The number of anilines is 1. The van der Waals surface area contributed by atoms with E-state index in [9.17, 15) is 14.4 Å². The van der Waals surface area contributed by atoms with Crippen LogP contribution in [-0.2, 0) is 9.59 Å². The van der Waals surface area contributed by atoms with Gasteiger partial charge in [0, 0.05) is 11.6 Å². The molecule has 8 heteroatoms. The number of hydrogen-bond acceptors (Lipinski definition) is 5. The van der Waals surface area contributed by atoms with Gasteiger partial charge in [0.25, 0.3) is 5.91 Å². The van der Waals surface area contributed by atoms with Crippen molar-refractivity contribution in [2.45, 2.75) is 45.6 Å². The number of urea groups is 1. The summed E-state index contributed by atoms with van der Waals surface area (Å²) in [5, 5.41) is 7.66. The van der Waals surface area contributed by atoms with Crippen molar-refractivity contribution in [3.8, 4) is 0 Å². The zero-order valence-electron chi connectivity index (χ0n) is 14.1. The van der Waals surface area contributed by atoms with Gasteiger partial charge in [0.15, 0.2) is 5.13 Å². The summed E-state index contributed by atoms with van der Waals surface area (Å²) >= 11 is 1.29. The molecule has 1 aromatic rings. The van der Waals surface area contributed by atoms with E-state index in [1.54, 1.807) is 11.6 Å². The van der Waals surface area contributed by atoms with E-state index in [-0.39, 0.29) is 17.9 Å². The van der Waals surface area contributed by atoms with E-state index in [0.29, 0.717) is 23.9 Å². The normalized spacial score (nSPS) is 29.0. The number of nitrogens with zero attached hydrogens (tertiary/aromatic N) is 2. The molecule has 24 heavy (non-hydrogen) atoms. The van der Waals surface area contributed by atoms with Crippen LogP contribution in [0.4, 0.5) is 9.93 Å². The molecule has 1 aromatic heterocycles. The summed E-state index contributed by atoms with van der Waals surface area (Å²) in [6.45, 7) is 6.03.